The monoisotopic (exact) mass is 302 g/mol. The normalized spacial score (nSPS) is 30.0. The lowest BCUT2D eigenvalue weighted by Gasteiger charge is -2.11. The molecule has 6 heteroatoms. The van der Waals surface area contributed by atoms with Gasteiger partial charge in [0, 0.05) is 0 Å². The molecule has 3 saturated heterocycles. The van der Waals surface area contributed by atoms with Crippen LogP contribution in [0.3, 0.4) is 0 Å². The molecular formula is C15H26O6. The van der Waals surface area contributed by atoms with Gasteiger partial charge in [-0.25, -0.2) is 0 Å². The standard InChI is InChI=1S/C9H16O4.C6H10O2/c1-7(11-4-9-6-13-9)2-10-3-8-5-12-8;1-2-3-7-4-6-5-8-6/h7-9H,2-6H2,1H3;2,6H,1,3-5H2. The summed E-state index contributed by atoms with van der Waals surface area (Å²) in [6.45, 7) is 11.5. The zero-order valence-electron chi connectivity index (χ0n) is 12.7. The Labute approximate surface area is 126 Å². The second-order valence-electron chi connectivity index (χ2n) is 5.37. The largest absolute Gasteiger partial charge is 0.376 e. The zero-order chi connectivity index (χ0) is 14.9. The highest BCUT2D eigenvalue weighted by atomic mass is 16.6. The maximum absolute atomic E-state index is 5.48. The molecule has 3 aliphatic heterocycles. The van der Waals surface area contributed by atoms with Crippen LogP contribution in [0, 0.1) is 0 Å². The van der Waals surface area contributed by atoms with Gasteiger partial charge in [0.25, 0.3) is 0 Å². The summed E-state index contributed by atoms with van der Waals surface area (Å²) in [5.41, 5.74) is 0. The molecule has 21 heavy (non-hydrogen) atoms. The number of hydrogen-bond acceptors (Lipinski definition) is 6. The molecular weight excluding hydrogens is 276 g/mol. The Kier molecular flexibility index (Phi) is 7.63. The van der Waals surface area contributed by atoms with Crippen LogP contribution >= 0.6 is 0 Å². The Bertz CT molecular complexity index is 286. The van der Waals surface area contributed by atoms with E-state index < -0.39 is 0 Å². The molecule has 3 fully saturated rings. The highest BCUT2D eigenvalue weighted by Gasteiger charge is 2.24. The van der Waals surface area contributed by atoms with Gasteiger partial charge in [0.2, 0.25) is 0 Å². The maximum atomic E-state index is 5.48. The first-order valence-corrected chi connectivity index (χ1v) is 7.50. The van der Waals surface area contributed by atoms with E-state index in [1.165, 1.54) is 0 Å². The van der Waals surface area contributed by atoms with Crippen LogP contribution in [0.5, 0.6) is 0 Å². The highest BCUT2D eigenvalue weighted by molar-refractivity contribution is 4.70. The van der Waals surface area contributed by atoms with Crippen LogP contribution in [0.2, 0.25) is 0 Å². The fourth-order valence-corrected chi connectivity index (χ4v) is 1.46. The van der Waals surface area contributed by atoms with E-state index in [9.17, 15) is 0 Å². The molecule has 0 aromatic carbocycles. The maximum Gasteiger partial charge on any atom is 0.104 e. The lowest BCUT2D eigenvalue weighted by Crippen LogP contribution is -2.19. The van der Waals surface area contributed by atoms with E-state index in [1.54, 1.807) is 6.08 Å². The SMILES string of the molecule is C=CCOCC1CO1.CC(COCC1CO1)OCC1CO1. The third kappa shape index (κ3) is 9.95. The molecule has 4 unspecified atom stereocenters. The van der Waals surface area contributed by atoms with Gasteiger partial charge in [0.05, 0.1) is 59.0 Å². The van der Waals surface area contributed by atoms with Crippen LogP contribution in [-0.4, -0.2) is 77.3 Å². The van der Waals surface area contributed by atoms with Gasteiger partial charge in [-0.1, -0.05) is 6.08 Å². The summed E-state index contributed by atoms with van der Waals surface area (Å²) in [5.74, 6) is 0. The van der Waals surface area contributed by atoms with Crippen molar-refractivity contribution in [3.05, 3.63) is 12.7 Å². The highest BCUT2D eigenvalue weighted by Crippen LogP contribution is 2.11. The summed E-state index contributed by atoms with van der Waals surface area (Å²) in [7, 11) is 0. The van der Waals surface area contributed by atoms with Gasteiger partial charge in [0.1, 0.15) is 18.3 Å². The average molecular weight is 302 g/mol. The van der Waals surface area contributed by atoms with E-state index in [1.807, 2.05) is 6.92 Å². The first kappa shape index (κ1) is 16.9. The van der Waals surface area contributed by atoms with Crippen LogP contribution in [0.1, 0.15) is 6.92 Å². The predicted molar refractivity (Wildman–Crippen MR) is 76.5 cm³/mol. The number of epoxide rings is 3. The topological polar surface area (TPSA) is 65.3 Å². The van der Waals surface area contributed by atoms with Crippen molar-refractivity contribution in [2.45, 2.75) is 31.3 Å². The van der Waals surface area contributed by atoms with Gasteiger partial charge in [-0.3, -0.25) is 0 Å². The van der Waals surface area contributed by atoms with Crippen LogP contribution in [-0.2, 0) is 28.4 Å². The first-order chi connectivity index (χ1) is 10.3. The molecule has 4 atom stereocenters. The minimum absolute atomic E-state index is 0.156. The van der Waals surface area contributed by atoms with Crippen molar-refractivity contribution in [1.82, 2.24) is 0 Å². The van der Waals surface area contributed by atoms with E-state index in [4.69, 9.17) is 28.4 Å². The van der Waals surface area contributed by atoms with E-state index in [0.717, 1.165) is 26.4 Å². The smallest absolute Gasteiger partial charge is 0.104 e. The van der Waals surface area contributed by atoms with E-state index in [-0.39, 0.29) is 6.10 Å². The molecule has 0 saturated carbocycles. The second kappa shape index (κ2) is 9.50. The van der Waals surface area contributed by atoms with Gasteiger partial charge in [-0.05, 0) is 6.92 Å². The van der Waals surface area contributed by atoms with Gasteiger partial charge < -0.3 is 28.4 Å². The van der Waals surface area contributed by atoms with E-state index in [2.05, 4.69) is 6.58 Å². The van der Waals surface area contributed by atoms with Crippen molar-refractivity contribution < 1.29 is 28.4 Å². The molecule has 0 aromatic heterocycles. The number of rotatable bonds is 11. The predicted octanol–water partition coefficient (Wildman–Crippen LogP) is 0.794. The Morgan fingerprint density at radius 3 is 2.05 bits per heavy atom. The number of hydrogen-bond donors (Lipinski definition) is 0. The van der Waals surface area contributed by atoms with Crippen molar-refractivity contribution in [2.75, 3.05) is 52.9 Å². The van der Waals surface area contributed by atoms with Crippen molar-refractivity contribution >= 4 is 0 Å². The van der Waals surface area contributed by atoms with Gasteiger partial charge in [-0.2, -0.15) is 0 Å². The molecule has 0 radical (unpaired) electrons. The minimum atomic E-state index is 0.156. The molecule has 0 aliphatic carbocycles. The van der Waals surface area contributed by atoms with E-state index in [0.29, 0.717) is 44.7 Å². The van der Waals surface area contributed by atoms with E-state index >= 15 is 0 Å². The summed E-state index contributed by atoms with van der Waals surface area (Å²) < 4.78 is 30.9. The molecule has 0 N–H and O–H groups in total. The second-order valence-corrected chi connectivity index (χ2v) is 5.37. The third-order valence-electron chi connectivity index (χ3n) is 2.97. The van der Waals surface area contributed by atoms with Crippen LogP contribution in [0.25, 0.3) is 0 Å². The van der Waals surface area contributed by atoms with Gasteiger partial charge in [-0.15, -0.1) is 6.58 Å². The van der Waals surface area contributed by atoms with Gasteiger partial charge >= 0.3 is 0 Å². The molecule has 0 bridgehead atoms. The number of ether oxygens (including phenoxy) is 6. The molecule has 3 heterocycles. The van der Waals surface area contributed by atoms with Crippen LogP contribution < -0.4 is 0 Å². The first-order valence-electron chi connectivity index (χ1n) is 7.50. The molecule has 122 valence electrons. The third-order valence-corrected chi connectivity index (χ3v) is 2.97. The Hall–Kier alpha value is -0.500. The summed E-state index contributed by atoms with van der Waals surface area (Å²) in [4.78, 5) is 0. The van der Waals surface area contributed by atoms with Gasteiger partial charge in [0.15, 0.2) is 0 Å². The average Bonchev–Trinajstić information content (AvgIpc) is 3.32. The fraction of sp³-hybridized carbons (Fsp3) is 0.867. The Morgan fingerprint density at radius 2 is 1.52 bits per heavy atom. The minimum Gasteiger partial charge on any atom is -0.376 e. The lowest BCUT2D eigenvalue weighted by atomic mass is 10.4. The quantitative estimate of drug-likeness (QED) is 0.319. The molecule has 0 aromatic rings. The molecule has 0 spiro atoms. The fourth-order valence-electron chi connectivity index (χ4n) is 1.46. The van der Waals surface area contributed by atoms with Crippen molar-refractivity contribution in [3.8, 4) is 0 Å². The Morgan fingerprint density at radius 1 is 1.00 bits per heavy atom. The van der Waals surface area contributed by atoms with Crippen LogP contribution in [0.15, 0.2) is 12.7 Å². The zero-order valence-corrected chi connectivity index (χ0v) is 12.7. The summed E-state index contributed by atoms with van der Waals surface area (Å²) in [5, 5.41) is 0. The summed E-state index contributed by atoms with van der Waals surface area (Å²) in [6, 6.07) is 0. The van der Waals surface area contributed by atoms with Crippen LogP contribution in [0.4, 0.5) is 0 Å². The summed E-state index contributed by atoms with van der Waals surface area (Å²) in [6.07, 6.45) is 2.97. The molecule has 3 aliphatic rings. The van der Waals surface area contributed by atoms with Crippen molar-refractivity contribution in [3.63, 3.8) is 0 Å². The Balaban J connectivity index is 0.000000173. The molecule has 3 rings (SSSR count). The van der Waals surface area contributed by atoms with Crippen molar-refractivity contribution in [1.29, 1.82) is 0 Å². The lowest BCUT2D eigenvalue weighted by molar-refractivity contribution is -0.0146. The summed E-state index contributed by atoms with van der Waals surface area (Å²) >= 11 is 0. The molecule has 0 amide bonds. The molecule has 6 nitrogen and oxygen atoms in total. The van der Waals surface area contributed by atoms with Crippen molar-refractivity contribution in [2.24, 2.45) is 0 Å².